The van der Waals surface area contributed by atoms with E-state index in [9.17, 15) is 28.8 Å². The van der Waals surface area contributed by atoms with Gasteiger partial charge in [-0.05, 0) is 66.3 Å². The first-order valence-electron chi connectivity index (χ1n) is 16.9. The average Bonchev–Trinajstić information content (AvgIpc) is 3.23. The summed E-state index contributed by atoms with van der Waals surface area (Å²) in [7, 11) is 7.15. The van der Waals surface area contributed by atoms with Crippen molar-refractivity contribution < 1.29 is 28.8 Å². The maximum absolute atomic E-state index is 13.3. The van der Waals surface area contributed by atoms with E-state index in [2.05, 4.69) is 10.6 Å². The van der Waals surface area contributed by atoms with Crippen molar-refractivity contribution in [2.24, 2.45) is 5.41 Å². The highest BCUT2D eigenvalue weighted by Crippen LogP contribution is 2.27. The third kappa shape index (κ3) is 16.4. The Morgan fingerprint density at radius 3 is 2.13 bits per heavy atom. The zero-order valence-electron chi connectivity index (χ0n) is 30.7. The van der Waals surface area contributed by atoms with Crippen LogP contribution in [0.15, 0.2) is 0 Å². The highest BCUT2D eigenvalue weighted by atomic mass is 32.2. The second-order valence-corrected chi connectivity index (χ2v) is 16.2. The van der Waals surface area contributed by atoms with Crippen molar-refractivity contribution in [1.29, 1.82) is 0 Å². The molecule has 0 bridgehead atoms. The number of thioether (sulfide) groups is 1. The van der Waals surface area contributed by atoms with Crippen LogP contribution in [0.3, 0.4) is 0 Å². The number of hydrogen-bond donors (Lipinski definition) is 2. The first-order valence-corrected chi connectivity index (χ1v) is 18.0. The maximum atomic E-state index is 13.3. The summed E-state index contributed by atoms with van der Waals surface area (Å²) in [5.41, 5.74) is -0.703. The summed E-state index contributed by atoms with van der Waals surface area (Å²) in [4.78, 5) is 82.9. The molecule has 0 saturated carbocycles. The summed E-state index contributed by atoms with van der Waals surface area (Å²) < 4.78 is 0. The SMILES string of the molecule is CN(C)CCN(C)C(=O)C(CC(=O)C(C)(C)C)N(C)C(=O)CCCCCSC1CC(=O)N(CCCCC(=O)NCNC(C)(C)C)C1=O. The normalized spacial score (nSPS) is 16.1. The summed E-state index contributed by atoms with van der Waals surface area (Å²) in [6, 6.07) is -0.848. The summed E-state index contributed by atoms with van der Waals surface area (Å²) >= 11 is 1.48. The molecule has 1 aliphatic rings. The van der Waals surface area contributed by atoms with Gasteiger partial charge >= 0.3 is 0 Å². The van der Waals surface area contributed by atoms with Crippen LogP contribution in [0.5, 0.6) is 0 Å². The van der Waals surface area contributed by atoms with Crippen molar-refractivity contribution in [3.8, 4) is 0 Å². The van der Waals surface area contributed by atoms with Crippen LogP contribution in [0.2, 0.25) is 0 Å². The summed E-state index contributed by atoms with van der Waals surface area (Å²) in [6.07, 6.45) is 4.13. The zero-order valence-corrected chi connectivity index (χ0v) is 31.5. The van der Waals surface area contributed by atoms with Gasteiger partial charge in [-0.25, -0.2) is 0 Å². The van der Waals surface area contributed by atoms with E-state index in [4.69, 9.17) is 0 Å². The third-order valence-corrected chi connectivity index (χ3v) is 9.41. The van der Waals surface area contributed by atoms with Crippen molar-refractivity contribution in [3.63, 3.8) is 0 Å². The van der Waals surface area contributed by atoms with Crippen molar-refractivity contribution in [2.75, 3.05) is 60.2 Å². The number of Topliss-reactive ketones (excluding diaryl/α,β-unsaturated/α-hetero) is 1. The van der Waals surface area contributed by atoms with Crippen LogP contribution in [0, 0.1) is 5.41 Å². The molecule has 2 unspecified atom stereocenters. The maximum Gasteiger partial charge on any atom is 0.245 e. The Morgan fingerprint density at radius 2 is 1.53 bits per heavy atom. The molecule has 12 nitrogen and oxygen atoms in total. The molecular weight excluding hydrogens is 620 g/mol. The molecule has 1 fully saturated rings. The van der Waals surface area contributed by atoms with E-state index < -0.39 is 16.7 Å². The molecule has 0 radical (unpaired) electrons. The highest BCUT2D eigenvalue weighted by molar-refractivity contribution is 8.00. The smallest absolute Gasteiger partial charge is 0.245 e. The zero-order chi connectivity index (χ0) is 35.9. The molecule has 1 aliphatic heterocycles. The molecule has 0 aromatic rings. The van der Waals surface area contributed by atoms with Crippen molar-refractivity contribution in [1.82, 2.24) is 30.2 Å². The Labute approximate surface area is 287 Å². The van der Waals surface area contributed by atoms with E-state index in [0.29, 0.717) is 57.7 Å². The van der Waals surface area contributed by atoms with Gasteiger partial charge in [0.2, 0.25) is 29.5 Å². The number of unbranched alkanes of at least 4 members (excludes halogenated alkanes) is 3. The number of likely N-dealkylation sites (N-methyl/N-ethyl adjacent to an activating group) is 3. The van der Waals surface area contributed by atoms with E-state index >= 15 is 0 Å². The third-order valence-electron chi connectivity index (χ3n) is 8.12. The fourth-order valence-corrected chi connectivity index (χ4v) is 5.97. The molecule has 0 spiro atoms. The Balaban J connectivity index is 2.46. The molecule has 5 amide bonds. The molecule has 1 rings (SSSR count). The monoisotopic (exact) mass is 682 g/mol. The standard InChI is InChI=1S/C34H62N6O6S/c1-33(2,3)27(41)22-25(31(45)38(9)20-19-37(7)8)39(10)29(43)17-12-11-15-21-47-26-23-30(44)40(32(26)46)18-14-13-16-28(42)35-24-36-34(4,5)6/h25-26,36H,11-24H2,1-10H3,(H,35,42). The lowest BCUT2D eigenvalue weighted by atomic mass is 9.86. The average molecular weight is 683 g/mol. The van der Waals surface area contributed by atoms with E-state index in [1.54, 1.807) is 19.0 Å². The lowest BCUT2D eigenvalue weighted by Crippen LogP contribution is -2.51. The number of rotatable bonds is 21. The minimum atomic E-state index is -0.848. The molecule has 1 heterocycles. The van der Waals surface area contributed by atoms with Gasteiger partial charge in [0.25, 0.3) is 0 Å². The van der Waals surface area contributed by atoms with Gasteiger partial charge in [0.05, 0.1) is 11.9 Å². The lowest BCUT2D eigenvalue weighted by Gasteiger charge is -2.32. The quantitative estimate of drug-likeness (QED) is 0.106. The van der Waals surface area contributed by atoms with Crippen LogP contribution in [-0.4, -0.2) is 132 Å². The van der Waals surface area contributed by atoms with Crippen molar-refractivity contribution in [3.05, 3.63) is 0 Å². The molecule has 0 aromatic heterocycles. The van der Waals surface area contributed by atoms with E-state index in [1.165, 1.54) is 21.6 Å². The molecule has 2 N–H and O–H groups in total. The topological polar surface area (TPSA) is 139 Å². The van der Waals surface area contributed by atoms with Crippen LogP contribution in [-0.2, 0) is 28.8 Å². The minimum Gasteiger partial charge on any atom is -0.344 e. The number of carbonyl (C=O) groups is 6. The number of amides is 5. The Bertz CT molecular complexity index is 1070. The number of nitrogens with zero attached hydrogens (tertiary/aromatic N) is 4. The summed E-state index contributed by atoms with van der Waals surface area (Å²) in [5.74, 6) is -0.175. The predicted molar refractivity (Wildman–Crippen MR) is 188 cm³/mol. The molecule has 47 heavy (non-hydrogen) atoms. The van der Waals surface area contributed by atoms with E-state index in [1.807, 2.05) is 60.5 Å². The Kier molecular flexibility index (Phi) is 18.2. The molecule has 2 atom stereocenters. The molecule has 1 saturated heterocycles. The lowest BCUT2D eigenvalue weighted by molar-refractivity contribution is -0.146. The molecule has 13 heteroatoms. The van der Waals surface area contributed by atoms with Crippen molar-refractivity contribution >= 4 is 47.1 Å². The number of imide groups is 1. The van der Waals surface area contributed by atoms with Gasteiger partial charge in [-0.2, -0.15) is 0 Å². The van der Waals surface area contributed by atoms with Gasteiger partial charge < -0.3 is 20.0 Å². The van der Waals surface area contributed by atoms with Crippen LogP contribution < -0.4 is 10.6 Å². The molecule has 0 aromatic carbocycles. The van der Waals surface area contributed by atoms with Crippen molar-refractivity contribution in [2.45, 2.75) is 116 Å². The van der Waals surface area contributed by atoms with E-state index in [0.717, 1.165) is 12.8 Å². The second kappa shape index (κ2) is 20.1. The number of nitrogens with one attached hydrogen (secondary N) is 2. The minimum absolute atomic E-state index is 0.0244. The first-order chi connectivity index (χ1) is 21.7. The fraction of sp³-hybridized carbons (Fsp3) is 0.824. The number of likely N-dealkylation sites (tertiary alicyclic amines) is 1. The predicted octanol–water partition coefficient (Wildman–Crippen LogP) is 2.89. The largest absolute Gasteiger partial charge is 0.344 e. The van der Waals surface area contributed by atoms with Gasteiger partial charge in [0.1, 0.15) is 11.8 Å². The Hall–Kier alpha value is -2.51. The van der Waals surface area contributed by atoms with Gasteiger partial charge in [0, 0.05) is 70.4 Å². The van der Waals surface area contributed by atoms with Gasteiger partial charge in [-0.1, -0.05) is 27.2 Å². The summed E-state index contributed by atoms with van der Waals surface area (Å²) in [5, 5.41) is 5.63. The number of hydrogen-bond acceptors (Lipinski definition) is 9. The van der Waals surface area contributed by atoms with Gasteiger partial charge in [0.15, 0.2) is 0 Å². The first kappa shape index (κ1) is 42.5. The second-order valence-electron chi connectivity index (χ2n) is 14.9. The highest BCUT2D eigenvalue weighted by Gasteiger charge is 2.38. The van der Waals surface area contributed by atoms with Gasteiger partial charge in [-0.15, -0.1) is 11.8 Å². The van der Waals surface area contributed by atoms with Gasteiger partial charge in [-0.3, -0.25) is 39.0 Å². The number of ketones is 1. The van der Waals surface area contributed by atoms with Crippen LogP contribution in [0.25, 0.3) is 0 Å². The summed E-state index contributed by atoms with van der Waals surface area (Å²) in [6.45, 7) is 13.4. The van der Waals surface area contributed by atoms with E-state index in [-0.39, 0.29) is 60.1 Å². The fourth-order valence-electron chi connectivity index (χ4n) is 4.79. The van der Waals surface area contributed by atoms with Crippen LogP contribution in [0.4, 0.5) is 0 Å². The van der Waals surface area contributed by atoms with Crippen LogP contribution >= 0.6 is 11.8 Å². The number of carbonyl (C=O) groups excluding carboxylic acids is 6. The van der Waals surface area contributed by atoms with Crippen LogP contribution in [0.1, 0.15) is 99.3 Å². The molecular formula is C34H62N6O6S. The Morgan fingerprint density at radius 1 is 0.894 bits per heavy atom. The molecule has 270 valence electrons. The molecule has 0 aliphatic carbocycles.